The monoisotopic (exact) mass is 414 g/mol. The number of anilines is 1. The zero-order chi connectivity index (χ0) is 21.1. The van der Waals surface area contributed by atoms with Crippen molar-refractivity contribution in [3.05, 3.63) is 100 Å². The van der Waals surface area contributed by atoms with Crippen LogP contribution < -0.4 is 4.90 Å². The number of carbonyl (C=O) groups is 2. The third kappa shape index (κ3) is 4.04. The predicted octanol–water partition coefficient (Wildman–Crippen LogP) is 5.50. The quantitative estimate of drug-likeness (QED) is 0.572. The van der Waals surface area contributed by atoms with Gasteiger partial charge in [0.1, 0.15) is 0 Å². The number of carboxylic acids is 1. The lowest BCUT2D eigenvalue weighted by Gasteiger charge is -2.15. The van der Waals surface area contributed by atoms with Gasteiger partial charge in [0.25, 0.3) is 5.91 Å². The van der Waals surface area contributed by atoms with Crippen molar-refractivity contribution in [3.63, 3.8) is 0 Å². The third-order valence-electron chi connectivity index (χ3n) is 4.61. The molecule has 6 heteroatoms. The van der Waals surface area contributed by atoms with Gasteiger partial charge in [-0.15, -0.1) is 0 Å². The zero-order valence-corrected chi connectivity index (χ0v) is 17.0. The van der Waals surface area contributed by atoms with Crippen LogP contribution in [0, 0.1) is 6.92 Å². The molecule has 3 aromatic carbocycles. The van der Waals surface area contributed by atoms with Gasteiger partial charge in [-0.1, -0.05) is 48.5 Å². The van der Waals surface area contributed by atoms with Crippen molar-refractivity contribution in [3.8, 4) is 0 Å². The van der Waals surface area contributed by atoms with Gasteiger partial charge in [-0.2, -0.15) is 0 Å². The van der Waals surface area contributed by atoms with Gasteiger partial charge in [-0.3, -0.25) is 9.69 Å². The zero-order valence-electron chi connectivity index (χ0n) is 16.1. The number of carboxylic acid groups (broad SMARTS) is 1. The van der Waals surface area contributed by atoms with E-state index in [1.807, 2.05) is 67.6 Å². The normalized spacial score (nSPS) is 16.4. The van der Waals surface area contributed by atoms with Gasteiger partial charge in [-0.25, -0.2) is 9.79 Å². The van der Waals surface area contributed by atoms with Crippen LogP contribution in [0.4, 0.5) is 11.4 Å². The molecule has 1 fully saturated rings. The Balaban J connectivity index is 1.79. The van der Waals surface area contributed by atoms with E-state index in [0.29, 0.717) is 21.4 Å². The molecule has 30 heavy (non-hydrogen) atoms. The molecule has 1 N–H and O–H groups in total. The average molecular weight is 414 g/mol. The maximum atomic E-state index is 13.3. The van der Waals surface area contributed by atoms with Crippen LogP contribution in [0.15, 0.2) is 88.8 Å². The maximum absolute atomic E-state index is 13.3. The molecule has 0 spiro atoms. The minimum absolute atomic E-state index is 0.146. The van der Waals surface area contributed by atoms with Crippen LogP contribution in [0.1, 0.15) is 21.5 Å². The van der Waals surface area contributed by atoms with E-state index < -0.39 is 5.97 Å². The predicted molar refractivity (Wildman–Crippen MR) is 121 cm³/mol. The number of aliphatic imine (C=N–C) groups is 1. The smallest absolute Gasteiger partial charge is 0.335 e. The summed E-state index contributed by atoms with van der Waals surface area (Å²) >= 11 is 1.27. The molecule has 1 heterocycles. The van der Waals surface area contributed by atoms with Crippen LogP contribution in [0.2, 0.25) is 0 Å². The Morgan fingerprint density at radius 3 is 2.47 bits per heavy atom. The lowest BCUT2D eigenvalue weighted by molar-refractivity contribution is -0.113. The second kappa shape index (κ2) is 8.39. The van der Waals surface area contributed by atoms with Crippen molar-refractivity contribution in [1.29, 1.82) is 0 Å². The van der Waals surface area contributed by atoms with E-state index in [1.54, 1.807) is 17.0 Å². The molecule has 0 aliphatic carbocycles. The molecule has 0 aromatic heterocycles. The first-order chi connectivity index (χ1) is 14.5. The summed E-state index contributed by atoms with van der Waals surface area (Å²) in [7, 11) is 0. The standard InChI is InChI=1S/C24H18N2O3S/c1-16-8-5-6-9-17(16)15-21-22(27)26(20-12-3-2-4-13-20)24(30-21)25-19-11-7-10-18(14-19)23(28)29/h2-15H,1H3,(H,28,29)/b21-15-,25-24?. The number of aryl methyl sites for hydroxylation is 1. The van der Waals surface area contributed by atoms with Gasteiger partial charge >= 0.3 is 5.97 Å². The number of para-hydroxylation sites is 1. The molecule has 4 rings (SSSR count). The van der Waals surface area contributed by atoms with Gasteiger partial charge in [0.2, 0.25) is 0 Å². The molecule has 1 saturated heterocycles. The van der Waals surface area contributed by atoms with Gasteiger partial charge in [0.15, 0.2) is 5.17 Å². The fraction of sp³-hybridized carbons (Fsp3) is 0.0417. The Labute approximate surface area is 178 Å². The van der Waals surface area contributed by atoms with Crippen molar-refractivity contribution in [2.45, 2.75) is 6.92 Å². The van der Waals surface area contributed by atoms with Gasteiger partial charge in [0.05, 0.1) is 21.8 Å². The summed E-state index contributed by atoms with van der Waals surface area (Å²) in [6.07, 6.45) is 1.87. The second-order valence-corrected chi connectivity index (χ2v) is 7.70. The van der Waals surface area contributed by atoms with Crippen LogP contribution >= 0.6 is 11.8 Å². The topological polar surface area (TPSA) is 70.0 Å². The van der Waals surface area contributed by atoms with E-state index in [0.717, 1.165) is 11.1 Å². The van der Waals surface area contributed by atoms with Crippen LogP contribution in [-0.4, -0.2) is 22.2 Å². The van der Waals surface area contributed by atoms with E-state index in [-0.39, 0.29) is 11.5 Å². The number of amidine groups is 1. The molecule has 1 aliphatic heterocycles. The van der Waals surface area contributed by atoms with E-state index in [2.05, 4.69) is 4.99 Å². The molecular weight excluding hydrogens is 396 g/mol. The Hall–Kier alpha value is -3.64. The van der Waals surface area contributed by atoms with Crippen molar-refractivity contribution in [2.75, 3.05) is 4.90 Å². The Kier molecular flexibility index (Phi) is 5.50. The van der Waals surface area contributed by atoms with Crippen LogP contribution in [-0.2, 0) is 4.79 Å². The van der Waals surface area contributed by atoms with Crippen molar-refractivity contribution < 1.29 is 14.7 Å². The SMILES string of the molecule is Cc1ccccc1/C=C1\SC(=Nc2cccc(C(=O)O)c2)N(c2ccccc2)C1=O. The van der Waals surface area contributed by atoms with E-state index >= 15 is 0 Å². The Morgan fingerprint density at radius 1 is 1.00 bits per heavy atom. The summed E-state index contributed by atoms with van der Waals surface area (Å²) in [4.78, 5) is 31.3. The summed E-state index contributed by atoms with van der Waals surface area (Å²) in [5.41, 5.74) is 3.37. The van der Waals surface area contributed by atoms with Crippen LogP contribution in [0.25, 0.3) is 6.08 Å². The molecule has 148 valence electrons. The Morgan fingerprint density at radius 2 is 1.73 bits per heavy atom. The number of amides is 1. The number of carbonyl (C=O) groups excluding carboxylic acids is 1. The van der Waals surface area contributed by atoms with E-state index in [9.17, 15) is 14.7 Å². The first-order valence-electron chi connectivity index (χ1n) is 9.29. The molecule has 1 amide bonds. The summed E-state index contributed by atoms with van der Waals surface area (Å²) in [6.45, 7) is 2.00. The van der Waals surface area contributed by atoms with Gasteiger partial charge in [-0.05, 0) is 66.2 Å². The molecule has 0 unspecified atom stereocenters. The number of rotatable bonds is 4. The van der Waals surface area contributed by atoms with Gasteiger partial charge in [0, 0.05) is 0 Å². The average Bonchev–Trinajstić information content (AvgIpc) is 3.05. The van der Waals surface area contributed by atoms with Crippen molar-refractivity contribution in [1.82, 2.24) is 0 Å². The number of aromatic carboxylic acids is 1. The summed E-state index contributed by atoms with van der Waals surface area (Å²) in [5, 5.41) is 9.73. The highest BCUT2D eigenvalue weighted by atomic mass is 32.2. The number of hydrogen-bond donors (Lipinski definition) is 1. The van der Waals surface area contributed by atoms with Gasteiger partial charge < -0.3 is 5.11 Å². The number of nitrogens with zero attached hydrogens (tertiary/aromatic N) is 2. The lowest BCUT2D eigenvalue weighted by atomic mass is 10.1. The summed E-state index contributed by atoms with van der Waals surface area (Å²) in [5.74, 6) is -1.19. The number of benzene rings is 3. The minimum Gasteiger partial charge on any atom is -0.478 e. The first kappa shape index (κ1) is 19.7. The molecule has 0 bridgehead atoms. The fourth-order valence-corrected chi connectivity index (χ4v) is 4.05. The molecular formula is C24H18N2O3S. The first-order valence-corrected chi connectivity index (χ1v) is 10.1. The number of hydrogen-bond acceptors (Lipinski definition) is 4. The molecule has 5 nitrogen and oxygen atoms in total. The summed E-state index contributed by atoms with van der Waals surface area (Å²) < 4.78 is 0. The fourth-order valence-electron chi connectivity index (χ4n) is 3.06. The summed E-state index contributed by atoms with van der Waals surface area (Å²) in [6, 6.07) is 23.5. The maximum Gasteiger partial charge on any atom is 0.335 e. The Bertz CT molecular complexity index is 1190. The number of thioether (sulfide) groups is 1. The highest BCUT2D eigenvalue weighted by molar-refractivity contribution is 8.19. The molecule has 3 aromatic rings. The highest BCUT2D eigenvalue weighted by Crippen LogP contribution is 2.37. The van der Waals surface area contributed by atoms with Crippen LogP contribution in [0.5, 0.6) is 0 Å². The highest BCUT2D eigenvalue weighted by Gasteiger charge is 2.34. The van der Waals surface area contributed by atoms with E-state index in [1.165, 1.54) is 23.9 Å². The molecule has 0 saturated carbocycles. The minimum atomic E-state index is -1.02. The largest absolute Gasteiger partial charge is 0.478 e. The third-order valence-corrected chi connectivity index (χ3v) is 5.58. The molecule has 1 aliphatic rings. The van der Waals surface area contributed by atoms with Crippen molar-refractivity contribution >= 4 is 46.3 Å². The molecule has 0 atom stereocenters. The van der Waals surface area contributed by atoms with E-state index in [4.69, 9.17) is 0 Å². The lowest BCUT2D eigenvalue weighted by Crippen LogP contribution is -2.28. The second-order valence-electron chi connectivity index (χ2n) is 6.69. The van der Waals surface area contributed by atoms with Crippen LogP contribution in [0.3, 0.4) is 0 Å². The van der Waals surface area contributed by atoms with Crippen molar-refractivity contribution in [2.24, 2.45) is 4.99 Å². The molecule has 0 radical (unpaired) electrons.